The number of nitrogens with zero attached hydrogens (tertiary/aromatic N) is 2. The van der Waals surface area contributed by atoms with Crippen molar-refractivity contribution in [3.8, 4) is 0 Å². The highest BCUT2D eigenvalue weighted by Gasteiger charge is 2.32. The Morgan fingerprint density at radius 1 is 1.16 bits per heavy atom. The van der Waals surface area contributed by atoms with Crippen molar-refractivity contribution in [2.45, 2.75) is 24.8 Å². The number of hydrogen-bond donors (Lipinski definition) is 1. The van der Waals surface area contributed by atoms with Gasteiger partial charge in [-0.2, -0.15) is 0 Å². The molecule has 0 radical (unpaired) electrons. The van der Waals surface area contributed by atoms with E-state index in [2.05, 4.69) is 10.2 Å². The van der Waals surface area contributed by atoms with Gasteiger partial charge in [-0.25, -0.2) is 13.2 Å². The molecule has 2 heterocycles. The van der Waals surface area contributed by atoms with Crippen LogP contribution in [0.4, 0.5) is 10.7 Å². The second kappa shape index (κ2) is 11.0. The fourth-order valence-corrected chi connectivity index (χ4v) is 7.25. The molecule has 2 aromatic carbocycles. The average Bonchev–Trinajstić information content (AvgIpc) is 3.20. The molecule has 0 saturated heterocycles. The minimum atomic E-state index is -4.20. The summed E-state index contributed by atoms with van der Waals surface area (Å²) >= 11 is 13.8. The molecule has 0 spiro atoms. The Labute approximate surface area is 229 Å². The number of sulfonamides is 1. The number of hydrogen-bond acceptors (Lipinski definition) is 7. The second-order valence-electron chi connectivity index (χ2n) is 8.66. The molecule has 0 saturated carbocycles. The summed E-state index contributed by atoms with van der Waals surface area (Å²) in [4.78, 5) is 29.0. The zero-order valence-corrected chi connectivity index (χ0v) is 23.5. The van der Waals surface area contributed by atoms with Crippen LogP contribution < -0.4 is 9.62 Å². The van der Waals surface area contributed by atoms with Gasteiger partial charge in [0, 0.05) is 23.0 Å². The number of methoxy groups -OCH3 is 1. The fraction of sp³-hybridized carbons (Fsp3) is 0.280. The number of fused-ring (bicyclic) bond motifs is 1. The minimum Gasteiger partial charge on any atom is -0.465 e. The minimum absolute atomic E-state index is 0.00758. The SMILES string of the molecule is COC(=O)c1c(NC(=O)CN(c2cc(Cl)ccc2Cl)S(=O)(=O)c2ccc(C)cc2)sc2c1CCN(C)C2. The molecule has 0 aliphatic carbocycles. The third kappa shape index (κ3) is 5.78. The van der Waals surface area contributed by atoms with E-state index in [1.807, 2.05) is 14.0 Å². The summed E-state index contributed by atoms with van der Waals surface area (Å²) < 4.78 is 33.3. The van der Waals surface area contributed by atoms with Crippen LogP contribution in [-0.4, -0.2) is 52.4 Å². The summed E-state index contributed by atoms with van der Waals surface area (Å²) in [6, 6.07) is 10.7. The average molecular weight is 583 g/mol. The number of likely N-dealkylation sites (N-methyl/N-ethyl adjacent to an activating group) is 1. The molecule has 3 aromatic rings. The normalized spacial score (nSPS) is 13.6. The number of nitrogens with one attached hydrogen (secondary N) is 1. The van der Waals surface area contributed by atoms with E-state index >= 15 is 0 Å². The first-order valence-corrected chi connectivity index (χ1v) is 14.3. The Morgan fingerprint density at radius 3 is 2.54 bits per heavy atom. The summed E-state index contributed by atoms with van der Waals surface area (Å²) in [5.74, 6) is -1.21. The van der Waals surface area contributed by atoms with Crippen LogP contribution in [0.15, 0.2) is 47.4 Å². The van der Waals surface area contributed by atoms with E-state index in [0.717, 1.165) is 26.9 Å². The van der Waals surface area contributed by atoms with Crippen molar-refractivity contribution in [3.05, 3.63) is 74.1 Å². The molecule has 1 aromatic heterocycles. The summed E-state index contributed by atoms with van der Waals surface area (Å²) in [6.45, 7) is 2.63. The highest BCUT2D eigenvalue weighted by molar-refractivity contribution is 7.92. The van der Waals surface area contributed by atoms with Crippen molar-refractivity contribution in [2.24, 2.45) is 0 Å². The zero-order chi connectivity index (χ0) is 26.9. The summed E-state index contributed by atoms with van der Waals surface area (Å²) in [5.41, 5.74) is 2.09. The number of halogens is 2. The number of thiophene rings is 1. The van der Waals surface area contributed by atoms with Gasteiger partial charge in [0.05, 0.1) is 28.3 Å². The van der Waals surface area contributed by atoms with Crippen molar-refractivity contribution in [2.75, 3.05) is 36.9 Å². The number of aryl methyl sites for hydroxylation is 1. The lowest BCUT2D eigenvalue weighted by molar-refractivity contribution is -0.114. The fourth-order valence-electron chi connectivity index (χ4n) is 4.05. The molecular weight excluding hydrogens is 557 g/mol. The molecule has 0 atom stereocenters. The molecule has 4 rings (SSSR count). The maximum absolute atomic E-state index is 13.7. The van der Waals surface area contributed by atoms with Crippen molar-refractivity contribution in [1.82, 2.24) is 4.90 Å². The van der Waals surface area contributed by atoms with Gasteiger partial charge in [0.15, 0.2) is 0 Å². The first-order valence-electron chi connectivity index (χ1n) is 11.3. The number of benzene rings is 2. The first-order chi connectivity index (χ1) is 17.5. The molecule has 196 valence electrons. The smallest absolute Gasteiger partial charge is 0.341 e. The van der Waals surface area contributed by atoms with Gasteiger partial charge in [0.1, 0.15) is 11.5 Å². The number of rotatable bonds is 7. The van der Waals surface area contributed by atoms with Crippen molar-refractivity contribution < 1.29 is 22.7 Å². The molecule has 37 heavy (non-hydrogen) atoms. The quantitative estimate of drug-likeness (QED) is 0.396. The number of carbonyl (C=O) groups excluding carboxylic acids is 2. The molecule has 1 N–H and O–H groups in total. The predicted molar refractivity (Wildman–Crippen MR) is 146 cm³/mol. The topological polar surface area (TPSA) is 96.0 Å². The van der Waals surface area contributed by atoms with Crippen molar-refractivity contribution in [3.63, 3.8) is 0 Å². The Morgan fingerprint density at radius 2 is 1.86 bits per heavy atom. The van der Waals surface area contributed by atoms with E-state index in [9.17, 15) is 18.0 Å². The van der Waals surface area contributed by atoms with Gasteiger partial charge >= 0.3 is 5.97 Å². The highest BCUT2D eigenvalue weighted by Crippen LogP contribution is 2.38. The Bertz CT molecular complexity index is 1460. The van der Waals surface area contributed by atoms with Gasteiger partial charge in [-0.15, -0.1) is 11.3 Å². The molecule has 0 fully saturated rings. The summed E-state index contributed by atoms with van der Waals surface area (Å²) in [6.07, 6.45) is 0.634. The van der Waals surface area contributed by atoms with Crippen LogP contribution in [0.2, 0.25) is 10.0 Å². The molecular formula is C25H25Cl2N3O5S2. The van der Waals surface area contributed by atoms with Gasteiger partial charge in [0.2, 0.25) is 5.91 Å². The molecule has 8 nitrogen and oxygen atoms in total. The Balaban J connectivity index is 1.71. The lowest BCUT2D eigenvalue weighted by Crippen LogP contribution is -2.38. The number of carbonyl (C=O) groups is 2. The Hall–Kier alpha value is -2.63. The number of amides is 1. The van der Waals surface area contributed by atoms with Gasteiger partial charge in [-0.05, 0) is 56.3 Å². The standard InChI is InChI=1S/C25H25Cl2N3O5S2/c1-15-4-7-17(8-5-15)37(33,34)30(20-12-16(26)6-9-19(20)27)14-22(31)28-24-23(25(32)35-3)18-10-11-29(2)13-21(18)36-24/h4-9,12H,10-11,13-14H2,1-3H3,(H,28,31). The number of ether oxygens (including phenoxy) is 1. The van der Waals surface area contributed by atoms with E-state index < -0.39 is 28.4 Å². The number of esters is 1. The van der Waals surface area contributed by atoms with Gasteiger partial charge in [-0.3, -0.25) is 9.10 Å². The lowest BCUT2D eigenvalue weighted by Gasteiger charge is -2.25. The third-order valence-corrected chi connectivity index (χ3v) is 9.42. The van der Waals surface area contributed by atoms with Crippen LogP contribution in [-0.2, 0) is 32.5 Å². The monoisotopic (exact) mass is 581 g/mol. The van der Waals surface area contributed by atoms with Gasteiger partial charge < -0.3 is 15.0 Å². The van der Waals surface area contributed by atoms with Crippen LogP contribution in [0.5, 0.6) is 0 Å². The maximum atomic E-state index is 13.7. The van der Waals surface area contributed by atoms with E-state index in [0.29, 0.717) is 23.5 Å². The van der Waals surface area contributed by atoms with E-state index in [4.69, 9.17) is 27.9 Å². The third-order valence-electron chi connectivity index (χ3n) is 5.96. The van der Waals surface area contributed by atoms with Crippen LogP contribution in [0, 0.1) is 6.92 Å². The molecule has 0 unspecified atom stereocenters. The predicted octanol–water partition coefficient (Wildman–Crippen LogP) is 4.97. The summed E-state index contributed by atoms with van der Waals surface area (Å²) in [7, 11) is -0.948. The molecule has 12 heteroatoms. The van der Waals surface area contributed by atoms with Crippen LogP contribution in [0.25, 0.3) is 0 Å². The zero-order valence-electron chi connectivity index (χ0n) is 20.4. The van der Waals surface area contributed by atoms with Crippen molar-refractivity contribution >= 4 is 67.1 Å². The van der Waals surface area contributed by atoms with E-state index in [1.165, 1.54) is 48.8 Å². The van der Waals surface area contributed by atoms with E-state index in [1.54, 1.807) is 12.1 Å². The van der Waals surface area contributed by atoms with E-state index in [-0.39, 0.29) is 20.6 Å². The molecule has 1 aliphatic heterocycles. The van der Waals surface area contributed by atoms with Crippen LogP contribution in [0.3, 0.4) is 0 Å². The molecule has 0 bridgehead atoms. The number of anilines is 2. The van der Waals surface area contributed by atoms with Crippen LogP contribution >= 0.6 is 34.5 Å². The maximum Gasteiger partial charge on any atom is 0.341 e. The molecule has 1 aliphatic rings. The molecule has 1 amide bonds. The largest absolute Gasteiger partial charge is 0.465 e. The lowest BCUT2D eigenvalue weighted by atomic mass is 10.0. The highest BCUT2D eigenvalue weighted by atomic mass is 35.5. The summed E-state index contributed by atoms with van der Waals surface area (Å²) in [5, 5.41) is 3.43. The van der Waals surface area contributed by atoms with Crippen LogP contribution in [0.1, 0.15) is 26.4 Å². The van der Waals surface area contributed by atoms with Crippen molar-refractivity contribution in [1.29, 1.82) is 0 Å². The second-order valence-corrected chi connectivity index (χ2v) is 12.5. The Kier molecular flexibility index (Phi) is 8.15. The van der Waals surface area contributed by atoms with Gasteiger partial charge in [0.25, 0.3) is 10.0 Å². The first kappa shape index (κ1) is 27.4. The van der Waals surface area contributed by atoms with Gasteiger partial charge in [-0.1, -0.05) is 40.9 Å².